The van der Waals surface area contributed by atoms with Crippen LogP contribution in [0.4, 0.5) is 0 Å². The van der Waals surface area contributed by atoms with Gasteiger partial charge in [-0.3, -0.25) is 0 Å². The number of aromatic nitrogens is 3. The van der Waals surface area contributed by atoms with E-state index in [2.05, 4.69) is 35.9 Å². The first-order chi connectivity index (χ1) is 9.20. The van der Waals surface area contributed by atoms with Gasteiger partial charge in [0.2, 0.25) is 0 Å². The molecule has 0 aliphatic carbocycles. The van der Waals surface area contributed by atoms with Crippen molar-refractivity contribution in [3.8, 4) is 11.4 Å². The van der Waals surface area contributed by atoms with Crippen LogP contribution in [-0.4, -0.2) is 20.8 Å². The molecule has 2 aromatic heterocycles. The number of rotatable bonds is 3. The molecule has 0 spiro atoms. The van der Waals surface area contributed by atoms with Gasteiger partial charge in [-0.05, 0) is 31.0 Å². The van der Waals surface area contributed by atoms with Crippen LogP contribution < -0.4 is 0 Å². The Kier molecular flexibility index (Phi) is 2.71. The predicted molar refractivity (Wildman–Crippen MR) is 75.1 cm³/mol. The van der Waals surface area contributed by atoms with E-state index >= 15 is 0 Å². The number of H-pyrrole nitrogens is 1. The van der Waals surface area contributed by atoms with E-state index in [0.29, 0.717) is 6.54 Å². The van der Waals surface area contributed by atoms with Crippen molar-refractivity contribution in [3.63, 3.8) is 0 Å². The molecular formula is C15H15N3O. The summed E-state index contributed by atoms with van der Waals surface area (Å²) in [6.45, 7) is 4.54. The van der Waals surface area contributed by atoms with E-state index in [1.54, 1.807) is 10.9 Å². The van der Waals surface area contributed by atoms with E-state index in [0.717, 1.165) is 23.2 Å². The number of aldehydes is 1. The van der Waals surface area contributed by atoms with E-state index < -0.39 is 0 Å². The summed E-state index contributed by atoms with van der Waals surface area (Å²) >= 11 is 0. The van der Waals surface area contributed by atoms with Crippen LogP contribution in [0.25, 0.3) is 22.3 Å². The lowest BCUT2D eigenvalue weighted by molar-refractivity contribution is -0.108. The largest absolute Gasteiger partial charge is 0.353 e. The van der Waals surface area contributed by atoms with Crippen molar-refractivity contribution in [3.05, 3.63) is 41.9 Å². The third-order valence-electron chi connectivity index (χ3n) is 3.46. The van der Waals surface area contributed by atoms with E-state index in [1.807, 2.05) is 12.3 Å². The quantitative estimate of drug-likeness (QED) is 0.730. The van der Waals surface area contributed by atoms with Crippen molar-refractivity contribution < 1.29 is 4.79 Å². The van der Waals surface area contributed by atoms with Gasteiger partial charge in [-0.2, -0.15) is 0 Å². The normalized spacial score (nSPS) is 11.1. The Morgan fingerprint density at radius 1 is 1.37 bits per heavy atom. The Balaban J connectivity index is 2.16. The van der Waals surface area contributed by atoms with Crippen LogP contribution in [0.5, 0.6) is 0 Å². The molecule has 19 heavy (non-hydrogen) atoms. The van der Waals surface area contributed by atoms with Crippen LogP contribution in [0.1, 0.15) is 11.1 Å². The Bertz CT molecular complexity index is 752. The molecule has 1 aromatic carbocycles. The molecule has 3 aromatic rings. The van der Waals surface area contributed by atoms with Gasteiger partial charge in [0.25, 0.3) is 0 Å². The molecule has 3 rings (SSSR count). The Morgan fingerprint density at radius 3 is 2.95 bits per heavy atom. The number of benzene rings is 1. The van der Waals surface area contributed by atoms with Gasteiger partial charge >= 0.3 is 0 Å². The zero-order valence-electron chi connectivity index (χ0n) is 11.0. The van der Waals surface area contributed by atoms with Crippen LogP contribution in [0.15, 0.2) is 30.7 Å². The first kappa shape index (κ1) is 11.7. The fourth-order valence-electron chi connectivity index (χ4n) is 2.55. The highest BCUT2D eigenvalue weighted by molar-refractivity contribution is 5.92. The number of hydrogen-bond acceptors (Lipinski definition) is 2. The summed E-state index contributed by atoms with van der Waals surface area (Å²) in [6, 6.07) is 6.22. The fraction of sp³-hybridized carbons (Fsp3) is 0.200. The molecule has 2 heterocycles. The molecule has 0 unspecified atom stereocenters. The van der Waals surface area contributed by atoms with Crippen LogP contribution in [0, 0.1) is 13.8 Å². The van der Waals surface area contributed by atoms with Crippen molar-refractivity contribution >= 4 is 17.2 Å². The second-order valence-electron chi connectivity index (χ2n) is 4.74. The molecule has 0 aliphatic rings. The van der Waals surface area contributed by atoms with E-state index in [9.17, 15) is 4.79 Å². The van der Waals surface area contributed by atoms with Gasteiger partial charge in [0.1, 0.15) is 12.0 Å². The highest BCUT2D eigenvalue weighted by Crippen LogP contribution is 2.30. The Hall–Kier alpha value is -2.36. The van der Waals surface area contributed by atoms with Crippen LogP contribution >= 0.6 is 0 Å². The van der Waals surface area contributed by atoms with Crippen molar-refractivity contribution in [1.82, 2.24) is 14.5 Å². The van der Waals surface area contributed by atoms with Crippen molar-refractivity contribution in [2.75, 3.05) is 0 Å². The molecule has 4 heteroatoms. The molecule has 0 fully saturated rings. The summed E-state index contributed by atoms with van der Waals surface area (Å²) in [5.41, 5.74) is 5.47. The molecule has 96 valence electrons. The molecule has 0 bridgehead atoms. The molecule has 4 nitrogen and oxygen atoms in total. The summed E-state index contributed by atoms with van der Waals surface area (Å²) in [7, 11) is 0. The molecule has 1 N–H and O–H groups in total. The average molecular weight is 253 g/mol. The third kappa shape index (κ3) is 1.85. The third-order valence-corrected chi connectivity index (χ3v) is 3.46. The van der Waals surface area contributed by atoms with Crippen LogP contribution in [-0.2, 0) is 11.3 Å². The van der Waals surface area contributed by atoms with Gasteiger partial charge in [-0.25, -0.2) is 4.98 Å². The van der Waals surface area contributed by atoms with Gasteiger partial charge in [0, 0.05) is 17.1 Å². The highest BCUT2D eigenvalue weighted by Gasteiger charge is 2.12. The molecule has 0 saturated heterocycles. The van der Waals surface area contributed by atoms with Crippen molar-refractivity contribution in [2.24, 2.45) is 0 Å². The van der Waals surface area contributed by atoms with Crippen LogP contribution in [0.2, 0.25) is 0 Å². The molecule has 0 amide bonds. The topological polar surface area (TPSA) is 50.7 Å². The molecule has 0 aliphatic heterocycles. The second-order valence-corrected chi connectivity index (χ2v) is 4.74. The summed E-state index contributed by atoms with van der Waals surface area (Å²) in [5.74, 6) is 0. The van der Waals surface area contributed by atoms with E-state index in [-0.39, 0.29) is 0 Å². The lowest BCUT2D eigenvalue weighted by Crippen LogP contribution is -1.93. The van der Waals surface area contributed by atoms with Gasteiger partial charge in [-0.1, -0.05) is 12.1 Å². The minimum Gasteiger partial charge on any atom is -0.353 e. The lowest BCUT2D eigenvalue weighted by atomic mass is 10.1. The van der Waals surface area contributed by atoms with Gasteiger partial charge in [0.15, 0.2) is 0 Å². The number of carbonyl (C=O) groups is 1. The molecule has 0 saturated carbocycles. The fourth-order valence-corrected chi connectivity index (χ4v) is 2.55. The van der Waals surface area contributed by atoms with E-state index in [4.69, 9.17) is 0 Å². The lowest BCUT2D eigenvalue weighted by Gasteiger charge is -1.97. The van der Waals surface area contributed by atoms with Gasteiger partial charge in [0.05, 0.1) is 18.6 Å². The summed E-state index contributed by atoms with van der Waals surface area (Å²) in [5, 5.41) is 1.25. The first-order valence-electron chi connectivity index (χ1n) is 6.24. The maximum atomic E-state index is 10.5. The first-order valence-corrected chi connectivity index (χ1v) is 6.24. The SMILES string of the molecule is Cc1cccc2[nH]c(-c3cn(CC=O)cn3)c(C)c12. The Labute approximate surface area is 111 Å². The number of nitrogens with one attached hydrogen (secondary N) is 1. The zero-order valence-corrected chi connectivity index (χ0v) is 11.0. The highest BCUT2D eigenvalue weighted by atomic mass is 16.1. The van der Waals surface area contributed by atoms with Crippen LogP contribution in [0.3, 0.4) is 0 Å². The molecular weight excluding hydrogens is 238 g/mol. The number of fused-ring (bicyclic) bond motifs is 1. The number of hydrogen-bond donors (Lipinski definition) is 1. The smallest absolute Gasteiger partial charge is 0.139 e. The number of imidazole rings is 1. The number of nitrogens with zero attached hydrogens (tertiary/aromatic N) is 2. The maximum Gasteiger partial charge on any atom is 0.139 e. The monoisotopic (exact) mass is 253 g/mol. The zero-order chi connectivity index (χ0) is 13.4. The summed E-state index contributed by atoms with van der Waals surface area (Å²) in [6.07, 6.45) is 4.44. The number of carbonyl (C=O) groups excluding carboxylic acids is 1. The summed E-state index contributed by atoms with van der Waals surface area (Å²) < 4.78 is 1.78. The van der Waals surface area contributed by atoms with Gasteiger partial charge in [-0.15, -0.1) is 0 Å². The Morgan fingerprint density at radius 2 is 2.21 bits per heavy atom. The molecule has 0 atom stereocenters. The standard InChI is InChI=1S/C15H15N3O/c1-10-4-3-5-12-14(10)11(2)15(17-12)13-8-18(6-7-19)9-16-13/h3-5,7-9,17H,6H2,1-2H3. The second kappa shape index (κ2) is 4.39. The number of aryl methyl sites for hydroxylation is 2. The molecule has 0 radical (unpaired) electrons. The minimum absolute atomic E-state index is 0.339. The van der Waals surface area contributed by atoms with E-state index in [1.165, 1.54) is 16.5 Å². The van der Waals surface area contributed by atoms with Gasteiger partial charge < -0.3 is 14.3 Å². The minimum atomic E-state index is 0.339. The average Bonchev–Trinajstić information content (AvgIpc) is 2.96. The van der Waals surface area contributed by atoms with Crippen molar-refractivity contribution in [2.45, 2.75) is 20.4 Å². The number of aromatic amines is 1. The predicted octanol–water partition coefficient (Wildman–Crippen LogP) is 2.85. The summed E-state index contributed by atoms with van der Waals surface area (Å²) in [4.78, 5) is 18.3. The maximum absolute atomic E-state index is 10.5. The van der Waals surface area contributed by atoms with Crippen molar-refractivity contribution in [1.29, 1.82) is 0 Å².